The molecule has 0 radical (unpaired) electrons. The van der Waals surface area contributed by atoms with Crippen LogP contribution in [0.5, 0.6) is 0 Å². The minimum atomic E-state index is 0.113. The molecule has 4 heteroatoms. The van der Waals surface area contributed by atoms with Gasteiger partial charge in [0.1, 0.15) is 5.78 Å². The Morgan fingerprint density at radius 2 is 1.65 bits per heavy atom. The van der Waals surface area contributed by atoms with Crippen LogP contribution in [-0.2, 0) is 22.4 Å². The third-order valence-corrected chi connectivity index (χ3v) is 4.25. The summed E-state index contributed by atoms with van der Waals surface area (Å²) in [5.74, 6) is 0.204. The molecule has 2 aromatic carbocycles. The largest absolute Gasteiger partial charge is 0.371 e. The average molecular weight is 330 g/mol. The van der Waals surface area contributed by atoms with Gasteiger partial charge in [0.2, 0.25) is 0 Å². The van der Waals surface area contributed by atoms with E-state index in [1.165, 1.54) is 0 Å². The van der Waals surface area contributed by atoms with E-state index in [0.29, 0.717) is 17.9 Å². The first kappa shape index (κ1) is 16.2. The molecular formula is C19H20ClNO2. The molecule has 23 heavy (non-hydrogen) atoms. The summed E-state index contributed by atoms with van der Waals surface area (Å²) in [5, 5.41) is 4.01. The standard InChI is InChI=1S/C19H20ClNO2/c20-17-7-3-15(4-8-17)12-18(22)11-14-1-5-16(6-2-14)19-13-21-9-10-23-19/h1-8,19,21H,9-13H2. The molecule has 0 spiro atoms. The van der Waals surface area contributed by atoms with Crippen molar-refractivity contribution in [1.29, 1.82) is 0 Å². The van der Waals surface area contributed by atoms with Gasteiger partial charge in [0.15, 0.2) is 0 Å². The van der Waals surface area contributed by atoms with Crippen molar-refractivity contribution in [2.45, 2.75) is 18.9 Å². The fraction of sp³-hybridized carbons (Fsp3) is 0.316. The van der Waals surface area contributed by atoms with Crippen LogP contribution in [0.2, 0.25) is 5.02 Å². The molecule has 1 aliphatic rings. The van der Waals surface area contributed by atoms with Crippen LogP contribution < -0.4 is 5.32 Å². The maximum absolute atomic E-state index is 12.2. The second kappa shape index (κ2) is 7.73. The summed E-state index contributed by atoms with van der Waals surface area (Å²) in [5.41, 5.74) is 3.19. The van der Waals surface area contributed by atoms with Crippen LogP contribution in [-0.4, -0.2) is 25.5 Å². The van der Waals surface area contributed by atoms with Crippen LogP contribution >= 0.6 is 11.6 Å². The Bertz CT molecular complexity index is 646. The Morgan fingerprint density at radius 1 is 1.04 bits per heavy atom. The van der Waals surface area contributed by atoms with E-state index in [0.717, 1.165) is 36.4 Å². The normalized spacial score (nSPS) is 17.9. The predicted octanol–water partition coefficient (Wildman–Crippen LogP) is 3.36. The Kier molecular flexibility index (Phi) is 5.44. The van der Waals surface area contributed by atoms with Gasteiger partial charge in [-0.05, 0) is 28.8 Å². The zero-order valence-electron chi connectivity index (χ0n) is 12.9. The molecule has 0 aliphatic carbocycles. The highest BCUT2D eigenvalue weighted by Gasteiger charge is 2.15. The van der Waals surface area contributed by atoms with E-state index >= 15 is 0 Å². The van der Waals surface area contributed by atoms with Crippen LogP contribution in [0.15, 0.2) is 48.5 Å². The maximum atomic E-state index is 12.2. The van der Waals surface area contributed by atoms with Crippen molar-refractivity contribution >= 4 is 17.4 Å². The molecule has 3 nitrogen and oxygen atoms in total. The molecule has 0 bridgehead atoms. The number of rotatable bonds is 5. The van der Waals surface area contributed by atoms with Crippen LogP contribution in [0, 0.1) is 0 Å². The molecule has 0 aromatic heterocycles. The summed E-state index contributed by atoms with van der Waals surface area (Å²) in [6.07, 6.45) is 1.00. The van der Waals surface area contributed by atoms with Gasteiger partial charge >= 0.3 is 0 Å². The van der Waals surface area contributed by atoms with Crippen molar-refractivity contribution in [3.8, 4) is 0 Å². The maximum Gasteiger partial charge on any atom is 0.141 e. The highest BCUT2D eigenvalue weighted by Crippen LogP contribution is 2.19. The number of benzene rings is 2. The molecule has 1 fully saturated rings. The third kappa shape index (κ3) is 4.64. The number of carbonyl (C=O) groups excluding carboxylic acids is 1. The topological polar surface area (TPSA) is 38.3 Å². The van der Waals surface area contributed by atoms with Gasteiger partial charge in [-0.25, -0.2) is 0 Å². The summed E-state index contributed by atoms with van der Waals surface area (Å²) < 4.78 is 5.73. The van der Waals surface area contributed by atoms with E-state index in [2.05, 4.69) is 17.4 Å². The SMILES string of the molecule is O=C(Cc1ccc(Cl)cc1)Cc1ccc(C2CNCCO2)cc1. The molecule has 1 saturated heterocycles. The van der Waals surface area contributed by atoms with Crippen LogP contribution in [0.25, 0.3) is 0 Å². The van der Waals surface area contributed by atoms with Gasteiger partial charge in [-0.2, -0.15) is 0 Å². The van der Waals surface area contributed by atoms with E-state index in [1.807, 2.05) is 36.4 Å². The lowest BCUT2D eigenvalue weighted by atomic mass is 10.0. The molecule has 2 aromatic rings. The number of morpholine rings is 1. The molecule has 1 atom stereocenters. The number of halogens is 1. The smallest absolute Gasteiger partial charge is 0.141 e. The molecule has 0 amide bonds. The van der Waals surface area contributed by atoms with Crippen molar-refractivity contribution in [3.05, 3.63) is 70.2 Å². The van der Waals surface area contributed by atoms with Crippen LogP contribution in [0.1, 0.15) is 22.8 Å². The number of hydrogen-bond donors (Lipinski definition) is 1. The van der Waals surface area contributed by atoms with E-state index in [1.54, 1.807) is 0 Å². The number of hydrogen-bond acceptors (Lipinski definition) is 3. The van der Waals surface area contributed by atoms with Crippen molar-refractivity contribution in [2.24, 2.45) is 0 Å². The van der Waals surface area contributed by atoms with Gasteiger partial charge in [-0.3, -0.25) is 4.79 Å². The average Bonchev–Trinajstić information content (AvgIpc) is 2.58. The first-order valence-electron chi connectivity index (χ1n) is 7.88. The monoisotopic (exact) mass is 329 g/mol. The minimum Gasteiger partial charge on any atom is -0.371 e. The molecule has 3 rings (SSSR count). The number of ketones is 1. The third-order valence-electron chi connectivity index (χ3n) is 3.99. The zero-order valence-corrected chi connectivity index (χ0v) is 13.7. The quantitative estimate of drug-likeness (QED) is 0.914. The Balaban J connectivity index is 1.57. The van der Waals surface area contributed by atoms with Gasteiger partial charge in [0.05, 0.1) is 12.7 Å². The highest BCUT2D eigenvalue weighted by molar-refractivity contribution is 6.30. The Hall–Kier alpha value is -1.68. The van der Waals surface area contributed by atoms with E-state index in [9.17, 15) is 4.79 Å². The van der Waals surface area contributed by atoms with Gasteiger partial charge in [-0.1, -0.05) is 48.0 Å². The summed E-state index contributed by atoms with van der Waals surface area (Å²) in [7, 11) is 0. The summed E-state index contributed by atoms with van der Waals surface area (Å²) in [4.78, 5) is 12.2. The first-order valence-corrected chi connectivity index (χ1v) is 8.26. The first-order chi connectivity index (χ1) is 11.2. The molecule has 1 aliphatic heterocycles. The van der Waals surface area contributed by atoms with E-state index in [4.69, 9.17) is 16.3 Å². The fourth-order valence-corrected chi connectivity index (χ4v) is 2.88. The number of Topliss-reactive ketones (excluding diaryl/α,β-unsaturated/α-hetero) is 1. The summed E-state index contributed by atoms with van der Waals surface area (Å²) in [6.45, 7) is 2.49. The minimum absolute atomic E-state index is 0.113. The second-order valence-electron chi connectivity index (χ2n) is 5.82. The van der Waals surface area contributed by atoms with Crippen molar-refractivity contribution < 1.29 is 9.53 Å². The molecular weight excluding hydrogens is 310 g/mol. The van der Waals surface area contributed by atoms with E-state index < -0.39 is 0 Å². The lowest BCUT2D eigenvalue weighted by molar-refractivity contribution is -0.117. The van der Waals surface area contributed by atoms with Crippen molar-refractivity contribution in [3.63, 3.8) is 0 Å². The molecule has 0 saturated carbocycles. The number of carbonyl (C=O) groups is 1. The lowest BCUT2D eigenvalue weighted by Crippen LogP contribution is -2.33. The number of ether oxygens (including phenoxy) is 1. The van der Waals surface area contributed by atoms with Gasteiger partial charge in [0, 0.05) is 31.0 Å². The van der Waals surface area contributed by atoms with Crippen molar-refractivity contribution in [2.75, 3.05) is 19.7 Å². The number of nitrogens with one attached hydrogen (secondary N) is 1. The van der Waals surface area contributed by atoms with Crippen molar-refractivity contribution in [1.82, 2.24) is 5.32 Å². The van der Waals surface area contributed by atoms with Gasteiger partial charge in [0.25, 0.3) is 0 Å². The second-order valence-corrected chi connectivity index (χ2v) is 6.26. The molecule has 1 heterocycles. The Morgan fingerprint density at radius 3 is 2.22 bits per heavy atom. The fourth-order valence-electron chi connectivity index (χ4n) is 2.75. The van der Waals surface area contributed by atoms with Crippen LogP contribution in [0.3, 0.4) is 0 Å². The van der Waals surface area contributed by atoms with E-state index in [-0.39, 0.29) is 11.9 Å². The molecule has 1 unspecified atom stereocenters. The van der Waals surface area contributed by atoms with Gasteiger partial charge in [-0.15, -0.1) is 0 Å². The zero-order chi connectivity index (χ0) is 16.1. The van der Waals surface area contributed by atoms with Gasteiger partial charge < -0.3 is 10.1 Å². The highest BCUT2D eigenvalue weighted by atomic mass is 35.5. The molecule has 1 N–H and O–H groups in total. The summed E-state index contributed by atoms with van der Waals surface area (Å²) in [6, 6.07) is 15.6. The molecule has 120 valence electrons. The Labute approximate surface area is 141 Å². The lowest BCUT2D eigenvalue weighted by Gasteiger charge is -2.24. The predicted molar refractivity (Wildman–Crippen MR) is 91.9 cm³/mol. The summed E-state index contributed by atoms with van der Waals surface area (Å²) >= 11 is 5.86. The van der Waals surface area contributed by atoms with Crippen LogP contribution in [0.4, 0.5) is 0 Å².